The van der Waals surface area contributed by atoms with Gasteiger partial charge in [0.2, 0.25) is 5.91 Å². The number of aliphatic hydroxyl groups excluding tert-OH is 1. The Hall–Kier alpha value is -2.13. The van der Waals surface area contributed by atoms with Crippen LogP contribution in [0.25, 0.3) is 0 Å². The molecule has 1 atom stereocenters. The molecule has 1 unspecified atom stereocenters. The zero-order valence-electron chi connectivity index (χ0n) is 13.2. The van der Waals surface area contributed by atoms with Crippen molar-refractivity contribution in [3.63, 3.8) is 0 Å². The third-order valence-corrected chi connectivity index (χ3v) is 4.49. The average Bonchev–Trinajstić information content (AvgIpc) is 3.42. The van der Waals surface area contributed by atoms with E-state index in [2.05, 4.69) is 5.32 Å². The summed E-state index contributed by atoms with van der Waals surface area (Å²) in [7, 11) is 0. The van der Waals surface area contributed by atoms with E-state index in [9.17, 15) is 9.90 Å². The Bertz CT molecular complexity index is 583. The first-order valence-corrected chi connectivity index (χ1v) is 8.30. The Morgan fingerprint density at radius 2 is 1.52 bits per heavy atom. The molecule has 2 N–H and O–H groups in total. The molecule has 0 aromatic heterocycles. The molecule has 0 saturated heterocycles. The average molecular weight is 309 g/mol. The highest BCUT2D eigenvalue weighted by Crippen LogP contribution is 2.34. The molecule has 3 rings (SSSR count). The molecule has 3 nitrogen and oxygen atoms in total. The SMILES string of the molecule is O=C(NC(CCO)C1CC1)C(c1ccccc1)c1ccccc1. The number of nitrogens with one attached hydrogen (secondary N) is 1. The lowest BCUT2D eigenvalue weighted by molar-refractivity contribution is -0.122. The molecular formula is C20H23NO2. The van der Waals surface area contributed by atoms with Crippen molar-refractivity contribution in [1.82, 2.24) is 5.32 Å². The van der Waals surface area contributed by atoms with Gasteiger partial charge in [0.05, 0.1) is 5.92 Å². The van der Waals surface area contributed by atoms with Gasteiger partial charge >= 0.3 is 0 Å². The summed E-state index contributed by atoms with van der Waals surface area (Å²) in [5.74, 6) is 0.239. The number of rotatable bonds is 7. The molecule has 1 aliphatic rings. The molecule has 1 aliphatic carbocycles. The van der Waals surface area contributed by atoms with Gasteiger partial charge in [-0.05, 0) is 36.3 Å². The van der Waals surface area contributed by atoms with Crippen molar-refractivity contribution < 1.29 is 9.90 Å². The van der Waals surface area contributed by atoms with Crippen LogP contribution in [-0.2, 0) is 4.79 Å². The maximum absolute atomic E-state index is 13.0. The molecule has 23 heavy (non-hydrogen) atoms. The minimum atomic E-state index is -0.308. The summed E-state index contributed by atoms with van der Waals surface area (Å²) >= 11 is 0. The summed E-state index contributed by atoms with van der Waals surface area (Å²) in [5, 5.41) is 12.4. The van der Waals surface area contributed by atoms with Crippen LogP contribution in [0.3, 0.4) is 0 Å². The van der Waals surface area contributed by atoms with Gasteiger partial charge in [0, 0.05) is 12.6 Å². The first-order valence-electron chi connectivity index (χ1n) is 8.30. The first-order chi connectivity index (χ1) is 11.3. The number of hydrogen-bond acceptors (Lipinski definition) is 2. The lowest BCUT2D eigenvalue weighted by atomic mass is 9.90. The topological polar surface area (TPSA) is 49.3 Å². The fourth-order valence-electron chi connectivity index (χ4n) is 3.12. The maximum atomic E-state index is 13.0. The molecule has 0 bridgehead atoms. The molecule has 0 radical (unpaired) electrons. The van der Waals surface area contributed by atoms with Gasteiger partial charge in [-0.1, -0.05) is 60.7 Å². The zero-order chi connectivity index (χ0) is 16.1. The van der Waals surface area contributed by atoms with Crippen LogP contribution in [0.2, 0.25) is 0 Å². The minimum Gasteiger partial charge on any atom is -0.396 e. The van der Waals surface area contributed by atoms with Crippen molar-refractivity contribution >= 4 is 5.91 Å². The molecular weight excluding hydrogens is 286 g/mol. The van der Waals surface area contributed by atoms with Crippen molar-refractivity contribution in [3.05, 3.63) is 71.8 Å². The van der Waals surface area contributed by atoms with Gasteiger partial charge in [-0.15, -0.1) is 0 Å². The van der Waals surface area contributed by atoms with Crippen molar-refractivity contribution in [3.8, 4) is 0 Å². The molecule has 1 fully saturated rings. The monoisotopic (exact) mass is 309 g/mol. The smallest absolute Gasteiger partial charge is 0.232 e. The van der Waals surface area contributed by atoms with E-state index in [0.717, 1.165) is 24.0 Å². The molecule has 2 aromatic rings. The highest BCUT2D eigenvalue weighted by atomic mass is 16.3. The highest BCUT2D eigenvalue weighted by Gasteiger charge is 2.33. The fraction of sp³-hybridized carbons (Fsp3) is 0.350. The molecule has 0 spiro atoms. The van der Waals surface area contributed by atoms with Crippen molar-refractivity contribution in [2.24, 2.45) is 5.92 Å². The van der Waals surface area contributed by atoms with E-state index < -0.39 is 0 Å². The second-order valence-electron chi connectivity index (χ2n) is 6.22. The summed E-state index contributed by atoms with van der Waals surface area (Å²) in [6.07, 6.45) is 2.92. The van der Waals surface area contributed by atoms with Gasteiger partial charge in [0.1, 0.15) is 0 Å². The quantitative estimate of drug-likeness (QED) is 0.825. The van der Waals surface area contributed by atoms with Gasteiger partial charge in [-0.2, -0.15) is 0 Å². The number of benzene rings is 2. The normalized spacial score (nSPS) is 15.4. The van der Waals surface area contributed by atoms with Crippen LogP contribution in [0.1, 0.15) is 36.3 Å². The van der Waals surface area contributed by atoms with E-state index in [0.29, 0.717) is 12.3 Å². The zero-order valence-corrected chi connectivity index (χ0v) is 13.2. The lowest BCUT2D eigenvalue weighted by Crippen LogP contribution is -2.40. The largest absolute Gasteiger partial charge is 0.396 e. The Morgan fingerprint density at radius 3 is 1.96 bits per heavy atom. The summed E-state index contributed by atoms with van der Waals surface area (Å²) in [5.41, 5.74) is 1.99. The summed E-state index contributed by atoms with van der Waals surface area (Å²) in [6.45, 7) is 0.114. The van der Waals surface area contributed by atoms with Gasteiger partial charge < -0.3 is 10.4 Å². The molecule has 1 saturated carbocycles. The molecule has 120 valence electrons. The predicted molar refractivity (Wildman–Crippen MR) is 91.1 cm³/mol. The number of carbonyl (C=O) groups excluding carboxylic acids is 1. The van der Waals surface area contributed by atoms with Gasteiger partial charge in [-0.3, -0.25) is 4.79 Å². The minimum absolute atomic E-state index is 0.0211. The predicted octanol–water partition coefficient (Wildman–Crippen LogP) is 3.10. The number of aliphatic hydroxyl groups is 1. The summed E-state index contributed by atoms with van der Waals surface area (Å²) < 4.78 is 0. The molecule has 0 aliphatic heterocycles. The second kappa shape index (κ2) is 7.42. The highest BCUT2D eigenvalue weighted by molar-refractivity contribution is 5.87. The van der Waals surface area contributed by atoms with Crippen LogP contribution < -0.4 is 5.32 Å². The Kier molecular flexibility index (Phi) is 5.09. The van der Waals surface area contributed by atoms with E-state index in [1.54, 1.807) is 0 Å². The molecule has 1 amide bonds. The van der Waals surface area contributed by atoms with Crippen LogP contribution in [0.15, 0.2) is 60.7 Å². The molecule has 3 heteroatoms. The van der Waals surface area contributed by atoms with E-state index in [1.165, 1.54) is 0 Å². The number of hydrogen-bond donors (Lipinski definition) is 2. The van der Waals surface area contributed by atoms with E-state index >= 15 is 0 Å². The second-order valence-corrected chi connectivity index (χ2v) is 6.22. The Morgan fingerprint density at radius 1 is 1.00 bits per heavy atom. The van der Waals surface area contributed by atoms with Gasteiger partial charge in [0.25, 0.3) is 0 Å². The van der Waals surface area contributed by atoms with E-state index in [1.807, 2.05) is 60.7 Å². The molecule has 2 aromatic carbocycles. The van der Waals surface area contributed by atoms with Crippen molar-refractivity contribution in [2.75, 3.05) is 6.61 Å². The molecule has 0 heterocycles. The van der Waals surface area contributed by atoms with Crippen LogP contribution in [0.5, 0.6) is 0 Å². The number of amides is 1. The lowest BCUT2D eigenvalue weighted by Gasteiger charge is -2.23. The summed E-state index contributed by atoms with van der Waals surface area (Å²) in [6, 6.07) is 19.8. The van der Waals surface area contributed by atoms with Crippen molar-refractivity contribution in [2.45, 2.75) is 31.2 Å². The van der Waals surface area contributed by atoms with Crippen molar-refractivity contribution in [1.29, 1.82) is 0 Å². The van der Waals surface area contributed by atoms with Gasteiger partial charge in [0.15, 0.2) is 0 Å². The van der Waals surface area contributed by atoms with Crippen LogP contribution in [0.4, 0.5) is 0 Å². The standard InChI is InChI=1S/C20H23NO2/c22-14-13-18(15-11-12-15)21-20(23)19(16-7-3-1-4-8-16)17-9-5-2-6-10-17/h1-10,15,18-19,22H,11-14H2,(H,21,23). The summed E-state index contributed by atoms with van der Waals surface area (Å²) in [4.78, 5) is 13.0. The Labute approximate surface area is 137 Å². The van der Waals surface area contributed by atoms with Crippen LogP contribution in [-0.4, -0.2) is 23.7 Å². The maximum Gasteiger partial charge on any atom is 0.232 e. The van der Waals surface area contributed by atoms with E-state index in [-0.39, 0.29) is 24.5 Å². The van der Waals surface area contributed by atoms with Crippen LogP contribution >= 0.6 is 0 Å². The van der Waals surface area contributed by atoms with Crippen LogP contribution in [0, 0.1) is 5.92 Å². The first kappa shape index (κ1) is 15.8. The third-order valence-electron chi connectivity index (χ3n) is 4.49. The number of carbonyl (C=O) groups is 1. The fourth-order valence-corrected chi connectivity index (χ4v) is 3.12. The Balaban J connectivity index is 1.84. The van der Waals surface area contributed by atoms with E-state index in [4.69, 9.17) is 0 Å². The third kappa shape index (κ3) is 3.99. The van der Waals surface area contributed by atoms with Gasteiger partial charge in [-0.25, -0.2) is 0 Å².